The van der Waals surface area contributed by atoms with E-state index in [1.54, 1.807) is 36.4 Å². The van der Waals surface area contributed by atoms with E-state index in [4.69, 9.17) is 4.18 Å². The molecule has 4 heteroatoms. The first-order valence-corrected chi connectivity index (χ1v) is 10.8. The zero-order valence-corrected chi connectivity index (χ0v) is 17.6. The standard InChI is InChI=1S/C23H30O3S/c1-6-23(5,17-7-8-18(2)3)20-11-13-21(14-12-20)26-27(24,25)22-15-9-19(4)10-16-22/h6,9-16,18H,1,7-8,17H2,2-5H3/t23-/m0/s1. The fourth-order valence-electron chi connectivity index (χ4n) is 3.01. The summed E-state index contributed by atoms with van der Waals surface area (Å²) in [5.41, 5.74) is 1.98. The predicted octanol–water partition coefficient (Wildman–Crippen LogP) is 6.03. The Labute approximate surface area is 164 Å². The molecule has 0 fully saturated rings. The highest BCUT2D eigenvalue weighted by Gasteiger charge is 2.23. The van der Waals surface area contributed by atoms with Crippen LogP contribution in [0, 0.1) is 12.8 Å². The first kappa shape index (κ1) is 21.2. The molecule has 0 aliphatic heterocycles. The lowest BCUT2D eigenvalue weighted by Crippen LogP contribution is -2.19. The normalized spacial score (nSPS) is 14.0. The van der Waals surface area contributed by atoms with Crippen LogP contribution in [0.25, 0.3) is 0 Å². The lowest BCUT2D eigenvalue weighted by atomic mass is 9.78. The fraction of sp³-hybridized carbons (Fsp3) is 0.391. The third kappa shape index (κ3) is 5.70. The first-order valence-electron chi connectivity index (χ1n) is 9.41. The molecule has 0 bridgehead atoms. The summed E-state index contributed by atoms with van der Waals surface area (Å²) in [4.78, 5) is 0.154. The zero-order valence-electron chi connectivity index (χ0n) is 16.7. The van der Waals surface area contributed by atoms with E-state index < -0.39 is 10.1 Å². The molecule has 2 aromatic carbocycles. The van der Waals surface area contributed by atoms with Gasteiger partial charge >= 0.3 is 10.1 Å². The first-order chi connectivity index (χ1) is 12.7. The van der Waals surface area contributed by atoms with E-state index in [2.05, 4.69) is 27.4 Å². The largest absolute Gasteiger partial charge is 0.379 e. The maximum atomic E-state index is 12.4. The van der Waals surface area contributed by atoms with Crippen LogP contribution in [0.4, 0.5) is 0 Å². The molecular weight excluding hydrogens is 356 g/mol. The monoisotopic (exact) mass is 386 g/mol. The molecule has 0 aliphatic carbocycles. The van der Waals surface area contributed by atoms with E-state index in [0.29, 0.717) is 11.7 Å². The van der Waals surface area contributed by atoms with Gasteiger partial charge in [0.05, 0.1) is 0 Å². The van der Waals surface area contributed by atoms with E-state index in [-0.39, 0.29) is 10.3 Å². The predicted molar refractivity (Wildman–Crippen MR) is 112 cm³/mol. The molecule has 146 valence electrons. The number of aryl methyl sites for hydroxylation is 1. The summed E-state index contributed by atoms with van der Waals surface area (Å²) in [7, 11) is -3.83. The number of benzene rings is 2. The third-order valence-electron chi connectivity index (χ3n) is 4.96. The fourth-order valence-corrected chi connectivity index (χ4v) is 3.94. The Hall–Kier alpha value is -2.07. The van der Waals surface area contributed by atoms with E-state index >= 15 is 0 Å². The average Bonchev–Trinajstić information content (AvgIpc) is 2.62. The van der Waals surface area contributed by atoms with Gasteiger partial charge in [0.2, 0.25) is 0 Å². The van der Waals surface area contributed by atoms with Gasteiger partial charge in [0, 0.05) is 5.41 Å². The summed E-state index contributed by atoms with van der Waals surface area (Å²) in [6.45, 7) is 12.5. The average molecular weight is 387 g/mol. The second kappa shape index (κ2) is 8.75. The molecule has 3 nitrogen and oxygen atoms in total. The van der Waals surface area contributed by atoms with Gasteiger partial charge in [0.1, 0.15) is 10.6 Å². The lowest BCUT2D eigenvalue weighted by molar-refractivity contribution is 0.458. The van der Waals surface area contributed by atoms with Crippen molar-refractivity contribution in [3.63, 3.8) is 0 Å². The molecule has 0 aliphatic rings. The molecular formula is C23H30O3S. The highest BCUT2D eigenvalue weighted by molar-refractivity contribution is 7.87. The Bertz CT molecular complexity index is 850. The summed E-state index contributed by atoms with van der Waals surface area (Å²) >= 11 is 0. The van der Waals surface area contributed by atoms with Crippen LogP contribution in [0.3, 0.4) is 0 Å². The molecule has 0 saturated carbocycles. The highest BCUT2D eigenvalue weighted by atomic mass is 32.2. The van der Waals surface area contributed by atoms with Gasteiger partial charge < -0.3 is 4.18 Å². The molecule has 2 aromatic rings. The van der Waals surface area contributed by atoms with Crippen LogP contribution >= 0.6 is 0 Å². The van der Waals surface area contributed by atoms with E-state index in [1.165, 1.54) is 6.42 Å². The van der Waals surface area contributed by atoms with Crippen LogP contribution < -0.4 is 4.18 Å². The Kier molecular flexibility index (Phi) is 6.88. The molecule has 0 saturated heterocycles. The summed E-state index contributed by atoms with van der Waals surface area (Å²) in [5.74, 6) is 0.995. The molecule has 0 unspecified atom stereocenters. The molecule has 2 rings (SSSR count). The molecule has 27 heavy (non-hydrogen) atoms. The maximum Gasteiger partial charge on any atom is 0.339 e. The summed E-state index contributed by atoms with van der Waals surface area (Å²) in [6, 6.07) is 13.9. The Balaban J connectivity index is 2.13. The van der Waals surface area contributed by atoms with Crippen LogP contribution in [0.5, 0.6) is 5.75 Å². The van der Waals surface area contributed by atoms with Crippen molar-refractivity contribution in [1.82, 2.24) is 0 Å². The van der Waals surface area contributed by atoms with Crippen molar-refractivity contribution in [3.05, 3.63) is 72.3 Å². The Morgan fingerprint density at radius 2 is 1.67 bits per heavy atom. The van der Waals surface area contributed by atoms with Crippen molar-refractivity contribution < 1.29 is 12.6 Å². The second-order valence-corrected chi connectivity index (χ2v) is 9.33. The van der Waals surface area contributed by atoms with Crippen LogP contribution in [-0.2, 0) is 15.5 Å². The molecule has 0 spiro atoms. The quantitative estimate of drug-likeness (QED) is 0.390. The number of rotatable bonds is 9. The van der Waals surface area contributed by atoms with E-state index in [0.717, 1.165) is 24.0 Å². The SMILES string of the molecule is C=C[C@@](C)(CCCC(C)C)c1ccc(OS(=O)(=O)c2ccc(C)cc2)cc1. The third-order valence-corrected chi connectivity index (χ3v) is 6.22. The smallest absolute Gasteiger partial charge is 0.339 e. The van der Waals surface area contributed by atoms with Crippen LogP contribution in [0.1, 0.15) is 51.2 Å². The summed E-state index contributed by atoms with van der Waals surface area (Å²) < 4.78 is 30.1. The summed E-state index contributed by atoms with van der Waals surface area (Å²) in [6.07, 6.45) is 5.29. The van der Waals surface area contributed by atoms with E-state index in [1.807, 2.05) is 25.1 Å². The molecule has 1 atom stereocenters. The molecule has 0 radical (unpaired) electrons. The van der Waals surface area contributed by atoms with Crippen molar-refractivity contribution in [2.75, 3.05) is 0 Å². The van der Waals surface area contributed by atoms with Crippen LogP contribution in [0.2, 0.25) is 0 Å². The van der Waals surface area contributed by atoms with Crippen LogP contribution in [0.15, 0.2) is 66.1 Å². The minimum Gasteiger partial charge on any atom is -0.379 e. The van der Waals surface area contributed by atoms with Gasteiger partial charge in [-0.25, -0.2) is 0 Å². The van der Waals surface area contributed by atoms with E-state index in [9.17, 15) is 8.42 Å². The van der Waals surface area contributed by atoms with Crippen molar-refractivity contribution in [2.45, 2.75) is 57.3 Å². The Morgan fingerprint density at radius 3 is 2.19 bits per heavy atom. The van der Waals surface area contributed by atoms with Crippen LogP contribution in [-0.4, -0.2) is 8.42 Å². The Morgan fingerprint density at radius 1 is 1.07 bits per heavy atom. The lowest BCUT2D eigenvalue weighted by Gasteiger charge is -2.27. The number of hydrogen-bond acceptors (Lipinski definition) is 3. The minimum absolute atomic E-state index is 0.136. The van der Waals surface area contributed by atoms with Crippen molar-refractivity contribution in [1.29, 1.82) is 0 Å². The molecule has 0 N–H and O–H groups in total. The van der Waals surface area contributed by atoms with Gasteiger partial charge in [-0.05, 0) is 49.1 Å². The zero-order chi connectivity index (χ0) is 20.1. The highest BCUT2D eigenvalue weighted by Crippen LogP contribution is 2.33. The number of allylic oxidation sites excluding steroid dienone is 1. The van der Waals surface area contributed by atoms with Gasteiger partial charge in [0.25, 0.3) is 0 Å². The topological polar surface area (TPSA) is 43.4 Å². The van der Waals surface area contributed by atoms with Gasteiger partial charge in [0.15, 0.2) is 0 Å². The molecule has 0 heterocycles. The van der Waals surface area contributed by atoms with Gasteiger partial charge in [-0.2, -0.15) is 8.42 Å². The van der Waals surface area contributed by atoms with Gasteiger partial charge in [-0.15, -0.1) is 6.58 Å². The number of hydrogen-bond donors (Lipinski definition) is 0. The van der Waals surface area contributed by atoms with Gasteiger partial charge in [-0.3, -0.25) is 0 Å². The second-order valence-electron chi connectivity index (χ2n) is 7.78. The van der Waals surface area contributed by atoms with Crippen molar-refractivity contribution >= 4 is 10.1 Å². The van der Waals surface area contributed by atoms with Crippen molar-refractivity contribution in [3.8, 4) is 5.75 Å². The molecule has 0 aromatic heterocycles. The summed E-state index contributed by atoms with van der Waals surface area (Å²) in [5, 5.41) is 0. The van der Waals surface area contributed by atoms with Crippen molar-refractivity contribution in [2.24, 2.45) is 5.92 Å². The minimum atomic E-state index is -3.83. The molecule has 0 amide bonds. The van der Waals surface area contributed by atoms with Gasteiger partial charge in [-0.1, -0.05) is 69.5 Å². The maximum absolute atomic E-state index is 12.4.